The van der Waals surface area contributed by atoms with Crippen LogP contribution in [0.1, 0.15) is 19.8 Å². The van der Waals surface area contributed by atoms with E-state index in [2.05, 4.69) is 17.5 Å². The Kier molecular flexibility index (Phi) is 3.89. The van der Waals surface area contributed by atoms with Gasteiger partial charge in [0.1, 0.15) is 0 Å². The van der Waals surface area contributed by atoms with Crippen molar-refractivity contribution in [2.75, 3.05) is 12.8 Å². The molecule has 0 radical (unpaired) electrons. The molecule has 1 atom stereocenters. The van der Waals surface area contributed by atoms with Crippen LogP contribution in [0.2, 0.25) is 0 Å². The molecule has 0 fully saturated rings. The lowest BCUT2D eigenvalue weighted by atomic mass is 10.4. The quantitative estimate of drug-likeness (QED) is 0.584. The lowest BCUT2D eigenvalue weighted by Crippen LogP contribution is -2.21. The Labute approximate surface area is 57.8 Å². The van der Waals surface area contributed by atoms with Gasteiger partial charge in [-0.1, -0.05) is 13.3 Å². The summed E-state index contributed by atoms with van der Waals surface area (Å²) < 4.78 is 13.8. The van der Waals surface area contributed by atoms with Gasteiger partial charge in [-0.3, -0.25) is 4.21 Å². The molecule has 0 aromatic rings. The fourth-order valence-electron chi connectivity index (χ4n) is 0.480. The van der Waals surface area contributed by atoms with Crippen LogP contribution in [0, 0.1) is 0 Å². The van der Waals surface area contributed by atoms with E-state index in [0.29, 0.717) is 5.75 Å². The van der Waals surface area contributed by atoms with Gasteiger partial charge in [0.05, 0.1) is 0 Å². The Bertz CT molecular complexity index is 148. The highest BCUT2D eigenvalue weighted by atomic mass is 32.2. The van der Waals surface area contributed by atoms with Crippen LogP contribution < -0.4 is 4.72 Å². The van der Waals surface area contributed by atoms with Crippen LogP contribution in [-0.4, -0.2) is 22.9 Å². The zero-order valence-corrected chi connectivity index (χ0v) is 6.96. The van der Waals surface area contributed by atoms with Crippen molar-refractivity contribution in [3.8, 4) is 0 Å². The summed E-state index contributed by atoms with van der Waals surface area (Å²) in [6, 6.07) is 0. The van der Waals surface area contributed by atoms with Gasteiger partial charge in [-0.05, 0) is 19.3 Å². The van der Waals surface area contributed by atoms with E-state index in [-0.39, 0.29) is 0 Å². The van der Waals surface area contributed by atoms with Crippen molar-refractivity contribution < 1.29 is 4.21 Å². The first kappa shape index (κ1) is 8.98. The first-order valence-electron chi connectivity index (χ1n) is 3.16. The lowest BCUT2D eigenvalue weighted by molar-refractivity contribution is 0.672. The highest BCUT2D eigenvalue weighted by Gasteiger charge is 1.95. The van der Waals surface area contributed by atoms with Gasteiger partial charge in [0.15, 0.2) is 0 Å². The van der Waals surface area contributed by atoms with E-state index in [1.807, 2.05) is 0 Å². The SMILES string of the molecule is C=S(=O)(CCCC)NC. The Balaban J connectivity index is 3.61. The molecule has 0 saturated heterocycles. The summed E-state index contributed by atoms with van der Waals surface area (Å²) in [7, 11) is -0.246. The van der Waals surface area contributed by atoms with Crippen LogP contribution in [0.4, 0.5) is 0 Å². The molecule has 0 bridgehead atoms. The highest BCUT2D eigenvalue weighted by molar-refractivity contribution is 7.98. The molecule has 0 aliphatic rings. The van der Waals surface area contributed by atoms with Gasteiger partial charge in [0, 0.05) is 15.5 Å². The predicted octanol–water partition coefficient (Wildman–Crippen LogP) is 0.637. The number of hydrogen-bond acceptors (Lipinski definition) is 1. The van der Waals surface area contributed by atoms with E-state index in [0.717, 1.165) is 12.8 Å². The van der Waals surface area contributed by atoms with Gasteiger partial charge in [0.2, 0.25) is 0 Å². The molecule has 0 aromatic heterocycles. The second-order valence-corrected chi connectivity index (χ2v) is 4.51. The third-order valence-corrected chi connectivity index (χ3v) is 2.89. The monoisotopic (exact) mass is 149 g/mol. The van der Waals surface area contributed by atoms with E-state index < -0.39 is 9.71 Å². The fraction of sp³-hybridized carbons (Fsp3) is 0.833. The minimum absolute atomic E-state index is 0.694. The third-order valence-electron chi connectivity index (χ3n) is 1.20. The molecule has 0 amide bonds. The van der Waals surface area contributed by atoms with E-state index in [1.165, 1.54) is 0 Å². The summed E-state index contributed by atoms with van der Waals surface area (Å²) in [5.74, 6) is 4.24. The van der Waals surface area contributed by atoms with E-state index in [9.17, 15) is 4.21 Å². The summed E-state index contributed by atoms with van der Waals surface area (Å²) in [4.78, 5) is 0. The summed E-state index contributed by atoms with van der Waals surface area (Å²) >= 11 is 0. The van der Waals surface area contributed by atoms with E-state index in [1.54, 1.807) is 7.05 Å². The number of unbranched alkanes of at least 4 members (excludes halogenated alkanes) is 1. The van der Waals surface area contributed by atoms with Crippen LogP contribution in [0.3, 0.4) is 0 Å². The largest absolute Gasteiger partial charge is 0.253 e. The standard InChI is InChI=1S/C6H15NOS/c1-4-5-6-9(3,8)7-2/h3-6H2,1-2H3,(H,7,8). The molecule has 1 unspecified atom stereocenters. The topological polar surface area (TPSA) is 29.1 Å². The summed E-state index contributed by atoms with van der Waals surface area (Å²) in [6.07, 6.45) is 2.07. The molecule has 0 saturated carbocycles. The van der Waals surface area contributed by atoms with Gasteiger partial charge >= 0.3 is 0 Å². The second kappa shape index (κ2) is 3.90. The Morgan fingerprint density at radius 1 is 1.67 bits per heavy atom. The smallest absolute Gasteiger partial charge is 0.0289 e. The van der Waals surface area contributed by atoms with Crippen LogP contribution in [0.15, 0.2) is 0 Å². The maximum Gasteiger partial charge on any atom is 0.0289 e. The van der Waals surface area contributed by atoms with Gasteiger partial charge in [-0.2, -0.15) is 0 Å². The molecule has 0 heterocycles. The normalized spacial score (nSPS) is 17.1. The highest BCUT2D eigenvalue weighted by Crippen LogP contribution is 1.91. The van der Waals surface area contributed by atoms with Crippen molar-refractivity contribution in [1.29, 1.82) is 0 Å². The summed E-state index contributed by atoms with van der Waals surface area (Å²) in [6.45, 7) is 2.07. The Hall–Kier alpha value is -0.0200. The second-order valence-electron chi connectivity index (χ2n) is 2.07. The number of nitrogens with one attached hydrogen (secondary N) is 1. The van der Waals surface area contributed by atoms with Gasteiger partial charge in [0.25, 0.3) is 0 Å². The maximum atomic E-state index is 11.1. The average Bonchev–Trinajstić information content (AvgIpc) is 1.84. The van der Waals surface area contributed by atoms with Crippen molar-refractivity contribution in [2.24, 2.45) is 0 Å². The van der Waals surface area contributed by atoms with Crippen molar-refractivity contribution in [2.45, 2.75) is 19.8 Å². The molecule has 56 valence electrons. The Morgan fingerprint density at radius 3 is 2.56 bits per heavy atom. The molecule has 0 aliphatic carbocycles. The molecule has 0 rings (SSSR count). The molecule has 3 heteroatoms. The van der Waals surface area contributed by atoms with Crippen molar-refractivity contribution in [1.82, 2.24) is 4.72 Å². The third kappa shape index (κ3) is 4.48. The first-order chi connectivity index (χ1) is 4.12. The lowest BCUT2D eigenvalue weighted by Gasteiger charge is -2.04. The molecular formula is C6H15NOS. The molecule has 0 aliphatic heterocycles. The molecule has 1 N–H and O–H groups in total. The minimum Gasteiger partial charge on any atom is -0.253 e. The van der Waals surface area contributed by atoms with Crippen LogP contribution in [-0.2, 0) is 9.71 Å². The molecule has 9 heavy (non-hydrogen) atoms. The van der Waals surface area contributed by atoms with Crippen molar-refractivity contribution >= 4 is 15.6 Å². The van der Waals surface area contributed by atoms with E-state index in [4.69, 9.17) is 0 Å². The van der Waals surface area contributed by atoms with Crippen LogP contribution in [0.5, 0.6) is 0 Å². The van der Waals surface area contributed by atoms with Crippen molar-refractivity contribution in [3.63, 3.8) is 0 Å². The van der Waals surface area contributed by atoms with Gasteiger partial charge < -0.3 is 0 Å². The van der Waals surface area contributed by atoms with Crippen LogP contribution in [0.25, 0.3) is 0 Å². The van der Waals surface area contributed by atoms with Crippen molar-refractivity contribution in [3.05, 3.63) is 0 Å². The molecular weight excluding hydrogens is 134 g/mol. The fourth-order valence-corrected chi connectivity index (χ4v) is 1.44. The first-order valence-corrected chi connectivity index (χ1v) is 5.05. The molecule has 2 nitrogen and oxygen atoms in total. The molecule has 0 spiro atoms. The average molecular weight is 149 g/mol. The maximum absolute atomic E-state index is 11.1. The molecule has 0 aromatic carbocycles. The predicted molar refractivity (Wildman–Crippen MR) is 44.1 cm³/mol. The van der Waals surface area contributed by atoms with Gasteiger partial charge in [-0.15, -0.1) is 0 Å². The zero-order valence-electron chi connectivity index (χ0n) is 6.14. The van der Waals surface area contributed by atoms with Gasteiger partial charge in [-0.25, -0.2) is 4.72 Å². The summed E-state index contributed by atoms with van der Waals surface area (Å²) in [5.41, 5.74) is 0. The minimum atomic E-state index is -1.93. The summed E-state index contributed by atoms with van der Waals surface area (Å²) in [5, 5.41) is 0. The van der Waals surface area contributed by atoms with Crippen LogP contribution >= 0.6 is 0 Å². The zero-order chi connectivity index (χ0) is 7.33. The van der Waals surface area contributed by atoms with E-state index >= 15 is 0 Å². The number of hydrogen-bond donors (Lipinski definition) is 1. The number of rotatable bonds is 4. The Morgan fingerprint density at radius 2 is 2.22 bits per heavy atom.